The van der Waals surface area contributed by atoms with Crippen LogP contribution in [0.3, 0.4) is 0 Å². The molecule has 2 N–H and O–H groups in total. The van der Waals surface area contributed by atoms with E-state index in [1.807, 2.05) is 14.0 Å². The van der Waals surface area contributed by atoms with Gasteiger partial charge < -0.3 is 25.2 Å². The number of unbranched alkanes of at least 4 members (excludes halogenated alkanes) is 1. The molecule has 0 unspecified atom stereocenters. The van der Waals surface area contributed by atoms with E-state index in [4.69, 9.17) is 4.74 Å². The maximum absolute atomic E-state index is 5.33. The number of likely N-dealkylation sites (N-methyl/N-ethyl adjacent to an activating group) is 1. The van der Waals surface area contributed by atoms with Gasteiger partial charge in [0.2, 0.25) is 0 Å². The van der Waals surface area contributed by atoms with Gasteiger partial charge >= 0.3 is 0 Å². The molecule has 6 nitrogen and oxygen atoms in total. The van der Waals surface area contributed by atoms with Gasteiger partial charge in [0.15, 0.2) is 5.96 Å². The van der Waals surface area contributed by atoms with E-state index in [1.54, 1.807) is 0 Å². The number of aliphatic imine (C=N–C) groups is 1. The van der Waals surface area contributed by atoms with Crippen LogP contribution in [-0.4, -0.2) is 88.9 Å². The van der Waals surface area contributed by atoms with E-state index in [0.29, 0.717) is 0 Å². The first kappa shape index (κ1) is 19.2. The van der Waals surface area contributed by atoms with E-state index in [-0.39, 0.29) is 0 Å². The number of guanidine groups is 1. The molecule has 0 saturated carbocycles. The predicted molar refractivity (Wildman–Crippen MR) is 93.6 cm³/mol. The lowest BCUT2D eigenvalue weighted by Gasteiger charge is -2.21. The van der Waals surface area contributed by atoms with Crippen molar-refractivity contribution in [1.82, 2.24) is 20.4 Å². The van der Waals surface area contributed by atoms with Crippen molar-refractivity contribution in [1.29, 1.82) is 0 Å². The van der Waals surface area contributed by atoms with E-state index in [1.165, 1.54) is 32.6 Å². The van der Waals surface area contributed by atoms with Crippen LogP contribution in [0.15, 0.2) is 4.99 Å². The van der Waals surface area contributed by atoms with Crippen LogP contribution in [0.4, 0.5) is 0 Å². The molecular weight excluding hydrogens is 278 g/mol. The number of hydrogen-bond donors (Lipinski definition) is 2. The summed E-state index contributed by atoms with van der Waals surface area (Å²) >= 11 is 0. The standard InChI is InChI=1S/C16H35N5O/c1-4-22-15-6-5-8-18-16(17-2)19-9-12-21-11-7-10-20(3)13-14-21/h4-15H2,1-3H3,(H2,17,18,19). The maximum atomic E-state index is 5.33. The van der Waals surface area contributed by atoms with Gasteiger partial charge in [-0.1, -0.05) is 0 Å². The first-order valence-electron chi connectivity index (χ1n) is 8.69. The molecular formula is C16H35N5O. The Kier molecular flexibility index (Phi) is 11.1. The minimum absolute atomic E-state index is 0.808. The van der Waals surface area contributed by atoms with Gasteiger partial charge in [0.1, 0.15) is 0 Å². The zero-order valence-electron chi connectivity index (χ0n) is 14.7. The largest absolute Gasteiger partial charge is 0.382 e. The summed E-state index contributed by atoms with van der Waals surface area (Å²) in [5.41, 5.74) is 0. The summed E-state index contributed by atoms with van der Waals surface area (Å²) in [6.45, 7) is 11.4. The van der Waals surface area contributed by atoms with Crippen LogP contribution in [0.1, 0.15) is 26.2 Å². The van der Waals surface area contributed by atoms with Crippen LogP contribution in [0.2, 0.25) is 0 Å². The maximum Gasteiger partial charge on any atom is 0.191 e. The molecule has 1 saturated heterocycles. The second-order valence-corrected chi connectivity index (χ2v) is 5.83. The van der Waals surface area contributed by atoms with Gasteiger partial charge in [0.25, 0.3) is 0 Å². The van der Waals surface area contributed by atoms with Gasteiger partial charge in [-0.25, -0.2) is 0 Å². The number of hydrogen-bond acceptors (Lipinski definition) is 4. The molecule has 0 amide bonds. The summed E-state index contributed by atoms with van der Waals surface area (Å²) in [6.07, 6.45) is 3.47. The average Bonchev–Trinajstić information content (AvgIpc) is 2.73. The van der Waals surface area contributed by atoms with Crippen LogP contribution >= 0.6 is 0 Å². The summed E-state index contributed by atoms with van der Waals surface area (Å²) < 4.78 is 5.33. The van der Waals surface area contributed by atoms with Crippen molar-refractivity contribution >= 4 is 5.96 Å². The fraction of sp³-hybridized carbons (Fsp3) is 0.938. The van der Waals surface area contributed by atoms with Crippen molar-refractivity contribution in [3.05, 3.63) is 0 Å². The Morgan fingerprint density at radius 3 is 2.68 bits per heavy atom. The molecule has 0 bridgehead atoms. The molecule has 0 aliphatic carbocycles. The molecule has 130 valence electrons. The Morgan fingerprint density at radius 2 is 1.91 bits per heavy atom. The molecule has 22 heavy (non-hydrogen) atoms. The number of rotatable bonds is 9. The molecule has 0 aromatic rings. The van der Waals surface area contributed by atoms with Crippen LogP contribution in [0.25, 0.3) is 0 Å². The third-order valence-electron chi connectivity index (χ3n) is 3.97. The topological polar surface area (TPSA) is 52.1 Å². The van der Waals surface area contributed by atoms with Gasteiger partial charge in [0.05, 0.1) is 0 Å². The highest BCUT2D eigenvalue weighted by molar-refractivity contribution is 5.79. The second kappa shape index (κ2) is 12.7. The quantitative estimate of drug-likeness (QED) is 0.371. The van der Waals surface area contributed by atoms with Gasteiger partial charge in [-0.2, -0.15) is 0 Å². The molecule has 0 radical (unpaired) electrons. The van der Waals surface area contributed by atoms with Crippen molar-refractivity contribution < 1.29 is 4.74 Å². The number of ether oxygens (including phenoxy) is 1. The van der Waals surface area contributed by atoms with Crippen molar-refractivity contribution in [3.63, 3.8) is 0 Å². The molecule has 0 spiro atoms. The lowest BCUT2D eigenvalue weighted by molar-refractivity contribution is 0.143. The molecule has 1 rings (SSSR count). The molecule has 1 heterocycles. The van der Waals surface area contributed by atoms with Gasteiger partial charge in [-0.05, 0) is 46.3 Å². The Bertz CT molecular complexity index is 298. The van der Waals surface area contributed by atoms with E-state index in [0.717, 1.165) is 51.6 Å². The van der Waals surface area contributed by atoms with Crippen LogP contribution < -0.4 is 10.6 Å². The van der Waals surface area contributed by atoms with Crippen molar-refractivity contribution in [2.24, 2.45) is 4.99 Å². The highest BCUT2D eigenvalue weighted by Gasteiger charge is 2.11. The minimum atomic E-state index is 0.808. The second-order valence-electron chi connectivity index (χ2n) is 5.83. The lowest BCUT2D eigenvalue weighted by Crippen LogP contribution is -2.42. The number of nitrogens with zero attached hydrogens (tertiary/aromatic N) is 3. The van der Waals surface area contributed by atoms with Crippen LogP contribution in [-0.2, 0) is 4.74 Å². The highest BCUT2D eigenvalue weighted by Crippen LogP contribution is 1.99. The van der Waals surface area contributed by atoms with E-state index in [2.05, 4.69) is 32.5 Å². The van der Waals surface area contributed by atoms with Gasteiger partial charge in [-0.3, -0.25) is 4.99 Å². The molecule has 1 fully saturated rings. The SMILES string of the molecule is CCOCCCCNC(=NC)NCCN1CCCN(C)CC1. The minimum Gasteiger partial charge on any atom is -0.382 e. The first-order chi connectivity index (χ1) is 10.8. The molecule has 1 aliphatic heterocycles. The van der Waals surface area contributed by atoms with Gasteiger partial charge in [-0.15, -0.1) is 0 Å². The number of nitrogens with one attached hydrogen (secondary N) is 2. The molecule has 0 aromatic heterocycles. The predicted octanol–water partition coefficient (Wildman–Crippen LogP) is 0.606. The summed E-state index contributed by atoms with van der Waals surface area (Å²) in [4.78, 5) is 9.22. The zero-order valence-corrected chi connectivity index (χ0v) is 14.7. The smallest absolute Gasteiger partial charge is 0.191 e. The third kappa shape index (κ3) is 9.23. The van der Waals surface area contributed by atoms with E-state index in [9.17, 15) is 0 Å². The summed E-state index contributed by atoms with van der Waals surface area (Å²) in [7, 11) is 4.04. The highest BCUT2D eigenvalue weighted by atomic mass is 16.5. The van der Waals surface area contributed by atoms with Gasteiger partial charge in [0, 0.05) is 53.0 Å². The Morgan fingerprint density at radius 1 is 1.09 bits per heavy atom. The third-order valence-corrected chi connectivity index (χ3v) is 3.97. The van der Waals surface area contributed by atoms with Crippen LogP contribution in [0, 0.1) is 0 Å². The summed E-state index contributed by atoms with van der Waals surface area (Å²) in [5.74, 6) is 0.906. The zero-order chi connectivity index (χ0) is 16.0. The monoisotopic (exact) mass is 313 g/mol. The molecule has 0 aromatic carbocycles. The van der Waals surface area contributed by atoms with Crippen molar-refractivity contribution in [2.75, 3.05) is 73.1 Å². The molecule has 1 aliphatic rings. The molecule has 6 heteroatoms. The Labute approximate surface area is 136 Å². The van der Waals surface area contributed by atoms with Crippen LogP contribution in [0.5, 0.6) is 0 Å². The van der Waals surface area contributed by atoms with Crippen molar-refractivity contribution in [2.45, 2.75) is 26.2 Å². The summed E-state index contributed by atoms with van der Waals surface area (Å²) in [6, 6.07) is 0. The Hall–Kier alpha value is -0.850. The summed E-state index contributed by atoms with van der Waals surface area (Å²) in [5, 5.41) is 6.76. The van der Waals surface area contributed by atoms with E-state index < -0.39 is 0 Å². The average molecular weight is 313 g/mol. The van der Waals surface area contributed by atoms with Crippen molar-refractivity contribution in [3.8, 4) is 0 Å². The van der Waals surface area contributed by atoms with E-state index >= 15 is 0 Å². The fourth-order valence-electron chi connectivity index (χ4n) is 2.56. The molecule has 0 atom stereocenters. The normalized spacial score (nSPS) is 18.2. The first-order valence-corrected chi connectivity index (χ1v) is 8.69. The Balaban J connectivity index is 2.05. The lowest BCUT2D eigenvalue weighted by atomic mass is 10.3. The fourth-order valence-corrected chi connectivity index (χ4v) is 2.56.